The number of nitrogens with zero attached hydrogens (tertiary/aromatic N) is 1. The van der Waals surface area contributed by atoms with Gasteiger partial charge in [0.2, 0.25) is 6.79 Å². The van der Waals surface area contributed by atoms with Gasteiger partial charge in [-0.25, -0.2) is 5.01 Å². The Morgan fingerprint density at radius 3 is 2.58 bits per heavy atom. The molecule has 0 atom stereocenters. The molecule has 2 amide bonds. The standard InChI is InChI=1S/C17H11BrN2O4/c18-11-2-4-12(5-3-11)20-17(22)13(16(21)19-20)7-10-1-6-14-15(8-10)24-9-23-14/h1-8H,9H2,(H,19,21)/b13-7+. The number of carbonyl (C=O) groups is 2. The molecule has 120 valence electrons. The lowest BCUT2D eigenvalue weighted by molar-refractivity contribution is -0.117. The van der Waals surface area contributed by atoms with Crippen molar-refractivity contribution in [2.45, 2.75) is 0 Å². The second-order valence-corrected chi connectivity index (χ2v) is 6.14. The third kappa shape index (κ3) is 2.52. The van der Waals surface area contributed by atoms with Crippen molar-refractivity contribution in [3.8, 4) is 11.5 Å². The van der Waals surface area contributed by atoms with Gasteiger partial charge in [0.15, 0.2) is 11.5 Å². The zero-order valence-electron chi connectivity index (χ0n) is 12.3. The molecule has 1 saturated heterocycles. The van der Waals surface area contributed by atoms with Crippen LogP contribution in [0.15, 0.2) is 52.5 Å². The molecule has 2 aromatic rings. The normalized spacial score (nSPS) is 17.5. The summed E-state index contributed by atoms with van der Waals surface area (Å²) in [6.45, 7) is 0.173. The van der Waals surface area contributed by atoms with E-state index >= 15 is 0 Å². The number of amides is 2. The van der Waals surface area contributed by atoms with Crippen molar-refractivity contribution in [1.29, 1.82) is 0 Å². The molecule has 0 aliphatic carbocycles. The molecule has 4 rings (SSSR count). The summed E-state index contributed by atoms with van der Waals surface area (Å²) >= 11 is 3.34. The van der Waals surface area contributed by atoms with E-state index in [1.54, 1.807) is 48.5 Å². The van der Waals surface area contributed by atoms with Crippen molar-refractivity contribution in [3.05, 3.63) is 58.1 Å². The smallest absolute Gasteiger partial charge is 0.282 e. The lowest BCUT2D eigenvalue weighted by atomic mass is 10.1. The van der Waals surface area contributed by atoms with Crippen molar-refractivity contribution in [1.82, 2.24) is 5.43 Å². The van der Waals surface area contributed by atoms with Crippen LogP contribution in [0.3, 0.4) is 0 Å². The number of ether oxygens (including phenoxy) is 2. The highest BCUT2D eigenvalue weighted by Crippen LogP contribution is 2.33. The minimum absolute atomic E-state index is 0.0665. The Bertz CT molecular complexity index is 877. The van der Waals surface area contributed by atoms with Crippen LogP contribution in [0.2, 0.25) is 0 Å². The molecule has 2 aliphatic rings. The summed E-state index contributed by atoms with van der Waals surface area (Å²) in [6.07, 6.45) is 1.54. The Hall–Kier alpha value is -2.80. The van der Waals surface area contributed by atoms with E-state index in [-0.39, 0.29) is 12.4 Å². The van der Waals surface area contributed by atoms with Gasteiger partial charge in [-0.2, -0.15) is 0 Å². The van der Waals surface area contributed by atoms with Gasteiger partial charge in [0.05, 0.1) is 5.69 Å². The van der Waals surface area contributed by atoms with Gasteiger partial charge >= 0.3 is 0 Å². The molecule has 2 aliphatic heterocycles. The van der Waals surface area contributed by atoms with Crippen molar-refractivity contribution in [3.63, 3.8) is 0 Å². The largest absolute Gasteiger partial charge is 0.454 e. The molecular formula is C17H11BrN2O4. The molecule has 7 heteroatoms. The highest BCUT2D eigenvalue weighted by Gasteiger charge is 2.34. The lowest BCUT2D eigenvalue weighted by Gasteiger charge is -2.14. The highest BCUT2D eigenvalue weighted by molar-refractivity contribution is 9.10. The van der Waals surface area contributed by atoms with Crippen LogP contribution in [0.5, 0.6) is 11.5 Å². The Balaban J connectivity index is 1.65. The maximum Gasteiger partial charge on any atom is 0.282 e. The fourth-order valence-corrected chi connectivity index (χ4v) is 2.76. The van der Waals surface area contributed by atoms with E-state index in [2.05, 4.69) is 21.4 Å². The summed E-state index contributed by atoms with van der Waals surface area (Å²) in [7, 11) is 0. The number of nitrogens with one attached hydrogen (secondary N) is 1. The van der Waals surface area contributed by atoms with Crippen LogP contribution in [0.4, 0.5) is 5.69 Å². The Morgan fingerprint density at radius 1 is 1.04 bits per heavy atom. The third-order valence-electron chi connectivity index (χ3n) is 3.68. The molecule has 0 radical (unpaired) electrons. The molecule has 0 unspecified atom stereocenters. The molecule has 2 heterocycles. The van der Waals surface area contributed by atoms with Gasteiger partial charge in [0, 0.05) is 4.47 Å². The van der Waals surface area contributed by atoms with Gasteiger partial charge in [-0.15, -0.1) is 0 Å². The van der Waals surface area contributed by atoms with E-state index < -0.39 is 11.8 Å². The van der Waals surface area contributed by atoms with Crippen LogP contribution in [0, 0.1) is 0 Å². The number of carbonyl (C=O) groups excluding carboxylic acids is 2. The van der Waals surface area contributed by atoms with E-state index in [1.807, 2.05) is 0 Å². The van der Waals surface area contributed by atoms with Crippen molar-refractivity contribution >= 4 is 39.5 Å². The van der Waals surface area contributed by atoms with Crippen LogP contribution in [-0.4, -0.2) is 18.6 Å². The monoisotopic (exact) mass is 386 g/mol. The van der Waals surface area contributed by atoms with E-state index in [9.17, 15) is 9.59 Å². The number of benzene rings is 2. The fourth-order valence-electron chi connectivity index (χ4n) is 2.50. The molecule has 0 spiro atoms. The molecule has 24 heavy (non-hydrogen) atoms. The Labute approximate surface area is 145 Å². The zero-order valence-corrected chi connectivity index (χ0v) is 13.9. The van der Waals surface area contributed by atoms with Gasteiger partial charge in [0.25, 0.3) is 11.8 Å². The number of anilines is 1. The first-order valence-corrected chi connectivity index (χ1v) is 7.93. The maximum absolute atomic E-state index is 12.5. The summed E-state index contributed by atoms with van der Waals surface area (Å²) in [6, 6.07) is 12.3. The first kappa shape index (κ1) is 14.8. The third-order valence-corrected chi connectivity index (χ3v) is 4.21. The molecule has 1 fully saturated rings. The van der Waals surface area contributed by atoms with E-state index in [0.29, 0.717) is 22.7 Å². The number of fused-ring (bicyclic) bond motifs is 1. The van der Waals surface area contributed by atoms with Crippen LogP contribution < -0.4 is 19.9 Å². The van der Waals surface area contributed by atoms with E-state index in [1.165, 1.54) is 5.01 Å². The second-order valence-electron chi connectivity index (χ2n) is 5.23. The van der Waals surface area contributed by atoms with Crippen molar-refractivity contribution < 1.29 is 19.1 Å². The summed E-state index contributed by atoms with van der Waals surface area (Å²) < 4.78 is 11.4. The minimum Gasteiger partial charge on any atom is -0.454 e. The Morgan fingerprint density at radius 2 is 1.79 bits per heavy atom. The summed E-state index contributed by atoms with van der Waals surface area (Å²) in [5.74, 6) is 0.399. The van der Waals surface area contributed by atoms with E-state index in [4.69, 9.17) is 9.47 Å². The topological polar surface area (TPSA) is 67.9 Å². The zero-order chi connectivity index (χ0) is 16.7. The average Bonchev–Trinajstić information content (AvgIpc) is 3.15. The summed E-state index contributed by atoms with van der Waals surface area (Å²) in [5, 5.41) is 1.23. The predicted molar refractivity (Wildman–Crippen MR) is 90.3 cm³/mol. The van der Waals surface area contributed by atoms with Gasteiger partial charge in [0.1, 0.15) is 5.57 Å². The second kappa shape index (κ2) is 5.68. The SMILES string of the molecule is O=C1NN(c2ccc(Br)cc2)C(=O)/C1=C/c1ccc2c(c1)OCO2. The van der Waals surface area contributed by atoms with Crippen molar-refractivity contribution in [2.24, 2.45) is 0 Å². The number of halogens is 1. The van der Waals surface area contributed by atoms with Crippen molar-refractivity contribution in [2.75, 3.05) is 11.8 Å². The summed E-state index contributed by atoms with van der Waals surface area (Å²) in [4.78, 5) is 24.7. The predicted octanol–water partition coefficient (Wildman–Crippen LogP) is 2.64. The number of hydrazine groups is 1. The average molecular weight is 387 g/mol. The maximum atomic E-state index is 12.5. The summed E-state index contributed by atoms with van der Waals surface area (Å²) in [5.41, 5.74) is 3.91. The molecule has 0 saturated carbocycles. The minimum atomic E-state index is -0.444. The van der Waals surface area contributed by atoms with Crippen LogP contribution in [0.25, 0.3) is 6.08 Å². The van der Waals surface area contributed by atoms with Crippen LogP contribution >= 0.6 is 15.9 Å². The quantitative estimate of drug-likeness (QED) is 0.636. The molecular weight excluding hydrogens is 376 g/mol. The molecule has 0 bridgehead atoms. The highest BCUT2D eigenvalue weighted by atomic mass is 79.9. The van der Waals surface area contributed by atoms with Gasteiger partial charge in [-0.1, -0.05) is 22.0 Å². The Kier molecular flexibility index (Phi) is 3.50. The van der Waals surface area contributed by atoms with Gasteiger partial charge in [-0.3, -0.25) is 15.0 Å². The number of hydrogen-bond donors (Lipinski definition) is 1. The molecule has 1 N–H and O–H groups in total. The molecule has 6 nitrogen and oxygen atoms in total. The first-order chi connectivity index (χ1) is 11.6. The van der Waals surface area contributed by atoms with E-state index in [0.717, 1.165) is 4.47 Å². The number of hydrogen-bond acceptors (Lipinski definition) is 4. The fraction of sp³-hybridized carbons (Fsp3) is 0.0588. The first-order valence-electron chi connectivity index (χ1n) is 7.14. The number of rotatable bonds is 2. The molecule has 0 aromatic heterocycles. The van der Waals surface area contributed by atoms with Gasteiger partial charge in [-0.05, 0) is 48.0 Å². The van der Waals surface area contributed by atoms with Gasteiger partial charge < -0.3 is 9.47 Å². The van der Waals surface area contributed by atoms with Crippen LogP contribution in [0.1, 0.15) is 5.56 Å². The molecule has 2 aromatic carbocycles. The lowest BCUT2D eigenvalue weighted by Crippen LogP contribution is -2.35. The van der Waals surface area contributed by atoms with Crippen LogP contribution in [-0.2, 0) is 9.59 Å².